The van der Waals surface area contributed by atoms with Crippen LogP contribution < -0.4 is 10.6 Å². The summed E-state index contributed by atoms with van der Waals surface area (Å²) in [5.74, 6) is -1.80. The minimum Gasteiger partial charge on any atom is -0.353 e. The molecule has 2 N–H and O–H groups in total. The van der Waals surface area contributed by atoms with Gasteiger partial charge in [0, 0.05) is 18.3 Å². The van der Waals surface area contributed by atoms with E-state index in [1.54, 1.807) is 0 Å². The molecule has 1 spiro atoms. The van der Waals surface area contributed by atoms with Crippen LogP contribution >= 0.6 is 0 Å². The maximum atomic E-state index is 14.0. The molecule has 1 saturated heterocycles. The first-order valence-corrected chi connectivity index (χ1v) is 12.4. The van der Waals surface area contributed by atoms with Gasteiger partial charge in [-0.15, -0.1) is 0 Å². The first-order valence-electron chi connectivity index (χ1n) is 12.4. The Morgan fingerprint density at radius 3 is 2.54 bits per heavy atom. The van der Waals surface area contributed by atoms with Crippen molar-refractivity contribution in [3.05, 3.63) is 77.1 Å². The lowest BCUT2D eigenvalue weighted by atomic mass is 9.80. The van der Waals surface area contributed by atoms with Gasteiger partial charge in [-0.1, -0.05) is 67.8 Å². The summed E-state index contributed by atoms with van der Waals surface area (Å²) in [6, 6.07) is 17.0. The van der Waals surface area contributed by atoms with Crippen molar-refractivity contribution in [2.75, 3.05) is 11.9 Å². The van der Waals surface area contributed by atoms with Gasteiger partial charge in [0.05, 0.1) is 6.42 Å². The van der Waals surface area contributed by atoms with Crippen LogP contribution in [0.2, 0.25) is 0 Å². The molecule has 3 atom stereocenters. The van der Waals surface area contributed by atoms with Crippen molar-refractivity contribution in [3.63, 3.8) is 0 Å². The lowest BCUT2D eigenvalue weighted by molar-refractivity contribution is -0.142. The molecule has 3 aliphatic rings. The zero-order valence-electron chi connectivity index (χ0n) is 19.7. The summed E-state index contributed by atoms with van der Waals surface area (Å²) in [5.41, 5.74) is 1.48. The number of carbonyl (C=O) groups is 3. The molecule has 5 rings (SSSR count). The average molecular weight is 471 g/mol. The summed E-state index contributed by atoms with van der Waals surface area (Å²) >= 11 is 0. The molecule has 35 heavy (non-hydrogen) atoms. The largest absolute Gasteiger partial charge is 0.353 e. The molecule has 0 aromatic heterocycles. The van der Waals surface area contributed by atoms with Gasteiger partial charge in [-0.3, -0.25) is 24.1 Å². The van der Waals surface area contributed by atoms with E-state index in [1.165, 1.54) is 11.3 Å². The Hall–Kier alpha value is -3.66. The highest BCUT2D eigenvalue weighted by atomic mass is 16.2. The van der Waals surface area contributed by atoms with Gasteiger partial charge in [0.2, 0.25) is 17.7 Å². The summed E-state index contributed by atoms with van der Waals surface area (Å²) in [6.45, 7) is 7.90. The van der Waals surface area contributed by atoms with Gasteiger partial charge >= 0.3 is 6.17 Å². The average Bonchev–Trinajstić information content (AvgIpc) is 3.41. The van der Waals surface area contributed by atoms with Gasteiger partial charge in [0.15, 0.2) is 0 Å². The Morgan fingerprint density at radius 2 is 1.80 bits per heavy atom. The van der Waals surface area contributed by atoms with Crippen molar-refractivity contribution < 1.29 is 14.4 Å². The summed E-state index contributed by atoms with van der Waals surface area (Å²) in [4.78, 5) is 45.7. The first-order chi connectivity index (χ1) is 17.0. The number of amides is 3. The quantitative estimate of drug-likeness (QED) is 0.517. The number of nitrogens with one attached hydrogen (secondary N) is 2. The van der Waals surface area contributed by atoms with Crippen molar-refractivity contribution in [3.8, 4) is 0 Å². The number of likely N-dealkylation sites (tertiary alicyclic amines) is 1. The summed E-state index contributed by atoms with van der Waals surface area (Å²) in [5, 5.41) is 6.04. The number of rotatable bonds is 5. The van der Waals surface area contributed by atoms with E-state index in [1.807, 2.05) is 54.6 Å². The Balaban J connectivity index is 1.43. The number of hydrogen-bond acceptors (Lipinski definition) is 3. The smallest absolute Gasteiger partial charge is 0.302 e. The Bertz CT molecular complexity index is 1170. The van der Waals surface area contributed by atoms with E-state index in [4.69, 9.17) is 6.57 Å². The van der Waals surface area contributed by atoms with Gasteiger partial charge in [-0.25, -0.2) is 6.57 Å². The van der Waals surface area contributed by atoms with Crippen LogP contribution in [-0.4, -0.2) is 41.4 Å². The molecule has 0 radical (unpaired) electrons. The Labute approximate surface area is 205 Å². The molecule has 2 aliphatic heterocycles. The number of nitrogens with zero attached hydrogens (tertiary/aromatic N) is 2. The predicted octanol–water partition coefficient (Wildman–Crippen LogP) is 3.66. The van der Waals surface area contributed by atoms with Crippen molar-refractivity contribution in [1.29, 1.82) is 0 Å². The molecule has 3 amide bonds. The first kappa shape index (κ1) is 23.1. The second-order valence-electron chi connectivity index (χ2n) is 9.95. The van der Waals surface area contributed by atoms with E-state index >= 15 is 0 Å². The van der Waals surface area contributed by atoms with E-state index in [9.17, 15) is 14.4 Å². The number of benzene rings is 2. The maximum absolute atomic E-state index is 14.0. The topological polar surface area (TPSA) is 82.9 Å². The molecule has 1 aliphatic carbocycles. The summed E-state index contributed by atoms with van der Waals surface area (Å²) in [6.07, 6.45) is 4.86. The Morgan fingerprint density at radius 1 is 1.09 bits per heavy atom. The minimum atomic E-state index is -0.960. The molecule has 0 bridgehead atoms. The molecule has 2 fully saturated rings. The van der Waals surface area contributed by atoms with Gasteiger partial charge in [-0.05, 0) is 36.5 Å². The van der Waals surface area contributed by atoms with Crippen LogP contribution in [0.4, 0.5) is 5.69 Å². The normalized spacial score (nSPS) is 24.5. The van der Waals surface area contributed by atoms with Crippen molar-refractivity contribution in [2.45, 2.75) is 62.6 Å². The number of hydrogen-bond donors (Lipinski definition) is 2. The fourth-order valence-corrected chi connectivity index (χ4v) is 5.85. The molecule has 2 aromatic rings. The van der Waals surface area contributed by atoms with Crippen molar-refractivity contribution in [2.24, 2.45) is 5.92 Å². The highest BCUT2D eigenvalue weighted by Crippen LogP contribution is 2.47. The van der Waals surface area contributed by atoms with E-state index in [-0.39, 0.29) is 43.1 Å². The van der Waals surface area contributed by atoms with E-state index in [0.717, 1.165) is 42.5 Å². The van der Waals surface area contributed by atoms with E-state index < -0.39 is 17.5 Å². The molecule has 0 unspecified atom stereocenters. The van der Waals surface area contributed by atoms with Crippen LogP contribution in [0.1, 0.15) is 49.7 Å². The van der Waals surface area contributed by atoms with Crippen LogP contribution in [0.15, 0.2) is 54.6 Å². The van der Waals surface area contributed by atoms with E-state index in [0.29, 0.717) is 0 Å². The number of fused-ring (bicyclic) bond motifs is 2. The number of para-hydroxylation sites is 1. The molecule has 7 nitrogen and oxygen atoms in total. The molecular formula is C28H30N4O3. The third-order valence-corrected chi connectivity index (χ3v) is 7.74. The van der Waals surface area contributed by atoms with Crippen LogP contribution in [-0.2, 0) is 26.2 Å². The monoisotopic (exact) mass is 470 g/mol. The summed E-state index contributed by atoms with van der Waals surface area (Å²) < 4.78 is 0. The highest BCUT2D eigenvalue weighted by Gasteiger charge is 2.59. The maximum Gasteiger partial charge on any atom is 0.302 e. The molecule has 180 valence electrons. The fraction of sp³-hybridized carbons (Fsp3) is 0.429. The molecular weight excluding hydrogens is 440 g/mol. The Kier molecular flexibility index (Phi) is 6.29. The van der Waals surface area contributed by atoms with Crippen molar-refractivity contribution in [1.82, 2.24) is 10.2 Å². The molecule has 7 heteroatoms. The van der Waals surface area contributed by atoms with Gasteiger partial charge < -0.3 is 10.6 Å². The molecule has 2 aromatic carbocycles. The zero-order chi connectivity index (χ0) is 24.4. The predicted molar refractivity (Wildman–Crippen MR) is 132 cm³/mol. The fourth-order valence-electron chi connectivity index (χ4n) is 5.85. The standard InChI is InChI=1S/C28H30N4O3/c1-29-24-17-28(22-14-8-9-15-23(22)31-27(28)35)18-32(24)26(34)21(16-19-10-4-2-5-11-19)25(33)30-20-12-6-3-7-13-20/h2,4-5,8-11,14-15,20-21,24H,3,6-7,12-13,16-18H2,(H,30,33)(H,31,35)/t21-,24-,28-/m0/s1. The van der Waals surface area contributed by atoms with Crippen LogP contribution in [0.3, 0.4) is 0 Å². The third-order valence-electron chi connectivity index (χ3n) is 7.74. The van der Waals surface area contributed by atoms with Crippen LogP contribution in [0.5, 0.6) is 0 Å². The van der Waals surface area contributed by atoms with Crippen molar-refractivity contribution >= 4 is 23.4 Å². The van der Waals surface area contributed by atoms with Gasteiger partial charge in [-0.2, -0.15) is 0 Å². The van der Waals surface area contributed by atoms with Gasteiger partial charge in [0.1, 0.15) is 11.3 Å². The highest BCUT2D eigenvalue weighted by molar-refractivity contribution is 6.08. The van der Waals surface area contributed by atoms with Crippen LogP contribution in [0, 0.1) is 12.5 Å². The van der Waals surface area contributed by atoms with E-state index in [2.05, 4.69) is 15.5 Å². The second-order valence-corrected chi connectivity index (χ2v) is 9.95. The number of carbonyl (C=O) groups excluding carboxylic acids is 3. The summed E-state index contributed by atoms with van der Waals surface area (Å²) in [7, 11) is 0. The SMILES string of the molecule is [C-]#[N+][C@@H]1C[C@@]2(CN1C(=O)[C@@H](Cc1ccccc1)C(=O)NC1CCCCC1)C(=O)Nc1ccccc12. The lowest BCUT2D eigenvalue weighted by Crippen LogP contribution is -2.49. The number of anilines is 1. The third kappa shape index (κ3) is 4.29. The minimum absolute atomic E-state index is 0.0800. The molecule has 2 heterocycles. The van der Waals surface area contributed by atoms with Gasteiger partial charge in [0.25, 0.3) is 0 Å². The lowest BCUT2D eigenvalue weighted by Gasteiger charge is -2.28. The van der Waals surface area contributed by atoms with Crippen LogP contribution in [0.25, 0.3) is 4.85 Å². The zero-order valence-corrected chi connectivity index (χ0v) is 19.7. The molecule has 1 saturated carbocycles. The second kappa shape index (κ2) is 9.53.